The lowest BCUT2D eigenvalue weighted by atomic mass is 10.0. The van der Waals surface area contributed by atoms with Gasteiger partial charge in [0.2, 0.25) is 5.91 Å². The number of aromatic hydroxyl groups is 2. The summed E-state index contributed by atoms with van der Waals surface area (Å²) in [5.74, 6) is 0.735. The SMILES string of the molecule is C=CC(=O)N(C)CCN(C)c1nc(OCCCN2CCCCC2)nc2c1CCN(c1ccc(O)cc1O)C2. The normalized spacial score (nSPS) is 15.6. The van der Waals surface area contributed by atoms with Gasteiger partial charge in [0.25, 0.3) is 0 Å². The third-order valence-electron chi connectivity index (χ3n) is 7.30. The molecule has 1 aromatic heterocycles. The minimum atomic E-state index is -0.120. The van der Waals surface area contributed by atoms with Gasteiger partial charge in [-0.2, -0.15) is 9.97 Å². The van der Waals surface area contributed by atoms with E-state index in [1.54, 1.807) is 24.1 Å². The van der Waals surface area contributed by atoms with E-state index in [1.807, 2.05) is 16.8 Å². The number of rotatable bonds is 11. The van der Waals surface area contributed by atoms with Crippen LogP contribution in [0.15, 0.2) is 30.9 Å². The van der Waals surface area contributed by atoms with Gasteiger partial charge in [0, 0.05) is 51.9 Å². The van der Waals surface area contributed by atoms with Gasteiger partial charge in [0.15, 0.2) is 0 Å². The fourth-order valence-electron chi connectivity index (χ4n) is 5.06. The third kappa shape index (κ3) is 6.86. The minimum absolute atomic E-state index is 0.0232. The van der Waals surface area contributed by atoms with Crippen molar-refractivity contribution in [2.45, 2.75) is 38.6 Å². The second-order valence-corrected chi connectivity index (χ2v) is 10.1. The summed E-state index contributed by atoms with van der Waals surface area (Å²) in [6, 6.07) is 4.98. The van der Waals surface area contributed by atoms with Gasteiger partial charge in [-0.1, -0.05) is 13.0 Å². The Hall–Kier alpha value is -3.53. The van der Waals surface area contributed by atoms with Gasteiger partial charge in [-0.3, -0.25) is 4.79 Å². The summed E-state index contributed by atoms with van der Waals surface area (Å²) in [6.07, 6.45) is 6.77. The standard InChI is InChI=1S/C28H40N6O4/c1-4-26(37)31(2)16-17-32(3)27-22-11-15-34(24-10-9-21(35)19-25(24)36)20-23(22)29-28(30-27)38-18-8-14-33-12-6-5-7-13-33/h4,9-10,19,35-36H,1,5-8,11-18,20H2,2-3H3. The molecule has 10 heteroatoms. The summed E-state index contributed by atoms with van der Waals surface area (Å²) in [6.45, 7) is 9.70. The molecule has 0 unspecified atom stereocenters. The third-order valence-corrected chi connectivity index (χ3v) is 7.30. The van der Waals surface area contributed by atoms with E-state index in [2.05, 4.69) is 11.5 Å². The summed E-state index contributed by atoms with van der Waals surface area (Å²) in [5, 5.41) is 20.1. The fraction of sp³-hybridized carbons (Fsp3) is 0.536. The topological polar surface area (TPSA) is 106 Å². The zero-order valence-corrected chi connectivity index (χ0v) is 22.6. The van der Waals surface area contributed by atoms with E-state index in [0.717, 1.165) is 43.1 Å². The van der Waals surface area contributed by atoms with Crippen molar-refractivity contribution in [3.63, 3.8) is 0 Å². The monoisotopic (exact) mass is 524 g/mol. The molecule has 0 bridgehead atoms. The second-order valence-electron chi connectivity index (χ2n) is 10.1. The molecule has 1 fully saturated rings. The van der Waals surface area contributed by atoms with Crippen LogP contribution in [0.5, 0.6) is 17.5 Å². The molecule has 0 radical (unpaired) electrons. The van der Waals surface area contributed by atoms with Crippen LogP contribution >= 0.6 is 0 Å². The van der Waals surface area contributed by atoms with E-state index in [9.17, 15) is 15.0 Å². The summed E-state index contributed by atoms with van der Waals surface area (Å²) in [5.41, 5.74) is 2.54. The highest BCUT2D eigenvalue weighted by Crippen LogP contribution is 2.35. The van der Waals surface area contributed by atoms with Gasteiger partial charge in [-0.15, -0.1) is 0 Å². The number of hydrogen-bond donors (Lipinski definition) is 2. The Morgan fingerprint density at radius 3 is 2.66 bits per heavy atom. The molecule has 2 aromatic rings. The van der Waals surface area contributed by atoms with E-state index in [1.165, 1.54) is 31.4 Å². The van der Waals surface area contributed by atoms with Crippen LogP contribution in [-0.2, 0) is 17.8 Å². The average molecular weight is 525 g/mol. The van der Waals surface area contributed by atoms with Crippen LogP contribution in [0.4, 0.5) is 11.5 Å². The number of phenols is 2. The molecule has 1 saturated heterocycles. The van der Waals surface area contributed by atoms with Crippen LogP contribution in [0.2, 0.25) is 0 Å². The molecule has 2 aliphatic heterocycles. The summed E-state index contributed by atoms with van der Waals surface area (Å²) in [4.78, 5) is 29.7. The van der Waals surface area contributed by atoms with Crippen molar-refractivity contribution in [3.05, 3.63) is 42.1 Å². The number of amides is 1. The van der Waals surface area contributed by atoms with Crippen LogP contribution in [0.3, 0.4) is 0 Å². The Morgan fingerprint density at radius 2 is 1.92 bits per heavy atom. The number of ether oxygens (including phenoxy) is 1. The Morgan fingerprint density at radius 1 is 1.13 bits per heavy atom. The Balaban J connectivity index is 1.50. The Labute approximate surface area is 225 Å². The highest BCUT2D eigenvalue weighted by atomic mass is 16.5. The van der Waals surface area contributed by atoms with Crippen LogP contribution in [-0.4, -0.2) is 95.9 Å². The largest absolute Gasteiger partial charge is 0.508 e. The number of nitrogens with zero attached hydrogens (tertiary/aromatic N) is 6. The van der Waals surface area contributed by atoms with Crippen LogP contribution < -0.4 is 14.5 Å². The maximum Gasteiger partial charge on any atom is 0.318 e. The number of benzene rings is 1. The Kier molecular flexibility index (Phi) is 9.28. The van der Waals surface area contributed by atoms with Crippen molar-refractivity contribution in [3.8, 4) is 17.5 Å². The first-order chi connectivity index (χ1) is 18.4. The molecule has 38 heavy (non-hydrogen) atoms. The van der Waals surface area contributed by atoms with Crippen molar-refractivity contribution in [2.75, 3.05) is 69.8 Å². The summed E-state index contributed by atoms with van der Waals surface area (Å²) < 4.78 is 6.06. The maximum absolute atomic E-state index is 11.9. The summed E-state index contributed by atoms with van der Waals surface area (Å²) in [7, 11) is 3.72. The lowest BCUT2D eigenvalue weighted by Crippen LogP contribution is -2.36. The van der Waals surface area contributed by atoms with Crippen molar-refractivity contribution >= 4 is 17.4 Å². The van der Waals surface area contributed by atoms with E-state index in [4.69, 9.17) is 14.7 Å². The molecule has 0 atom stereocenters. The highest BCUT2D eigenvalue weighted by Gasteiger charge is 2.26. The minimum Gasteiger partial charge on any atom is -0.508 e. The van der Waals surface area contributed by atoms with Crippen LogP contribution in [0.1, 0.15) is 36.9 Å². The van der Waals surface area contributed by atoms with Crippen LogP contribution in [0, 0.1) is 0 Å². The van der Waals surface area contributed by atoms with Gasteiger partial charge in [-0.25, -0.2) is 0 Å². The number of hydrogen-bond acceptors (Lipinski definition) is 9. The molecule has 2 N–H and O–H groups in total. The van der Waals surface area contributed by atoms with E-state index < -0.39 is 0 Å². The zero-order chi connectivity index (χ0) is 27.1. The number of fused-ring (bicyclic) bond motifs is 1. The van der Waals surface area contributed by atoms with Crippen molar-refractivity contribution in [1.82, 2.24) is 19.8 Å². The van der Waals surface area contributed by atoms with E-state index >= 15 is 0 Å². The smallest absolute Gasteiger partial charge is 0.318 e. The molecule has 4 rings (SSSR count). The average Bonchev–Trinajstić information content (AvgIpc) is 2.93. The molecule has 0 aliphatic carbocycles. The number of aromatic nitrogens is 2. The van der Waals surface area contributed by atoms with Gasteiger partial charge >= 0.3 is 6.01 Å². The first-order valence-corrected chi connectivity index (χ1v) is 13.5. The predicted molar refractivity (Wildman–Crippen MR) is 148 cm³/mol. The van der Waals surface area contributed by atoms with Crippen molar-refractivity contribution < 1.29 is 19.7 Å². The molecule has 1 amide bonds. The maximum atomic E-state index is 11.9. The number of phenolic OH excluding ortho intramolecular Hbond substituents is 2. The fourth-order valence-corrected chi connectivity index (χ4v) is 5.06. The van der Waals surface area contributed by atoms with Gasteiger partial charge in [0.1, 0.15) is 17.3 Å². The molecular formula is C28H40N6O4. The number of likely N-dealkylation sites (N-methyl/N-ethyl adjacent to an activating group) is 2. The van der Waals surface area contributed by atoms with Crippen molar-refractivity contribution in [2.24, 2.45) is 0 Å². The molecule has 1 aromatic carbocycles. The zero-order valence-electron chi connectivity index (χ0n) is 22.6. The molecule has 10 nitrogen and oxygen atoms in total. The first-order valence-electron chi connectivity index (χ1n) is 13.5. The highest BCUT2D eigenvalue weighted by molar-refractivity contribution is 5.86. The molecule has 0 spiro atoms. The van der Waals surface area contributed by atoms with Gasteiger partial charge in [0.05, 0.1) is 24.5 Å². The summed E-state index contributed by atoms with van der Waals surface area (Å²) >= 11 is 0. The number of anilines is 2. The van der Waals surface area contributed by atoms with E-state index in [0.29, 0.717) is 50.9 Å². The van der Waals surface area contributed by atoms with Gasteiger partial charge < -0.3 is 34.5 Å². The lowest BCUT2D eigenvalue weighted by Gasteiger charge is -2.33. The first kappa shape index (κ1) is 27.5. The lowest BCUT2D eigenvalue weighted by molar-refractivity contribution is -0.124. The van der Waals surface area contributed by atoms with Crippen LogP contribution in [0.25, 0.3) is 0 Å². The quantitative estimate of drug-likeness (QED) is 0.339. The number of carbonyl (C=O) groups is 1. The van der Waals surface area contributed by atoms with E-state index in [-0.39, 0.29) is 17.4 Å². The van der Waals surface area contributed by atoms with Crippen molar-refractivity contribution in [1.29, 1.82) is 0 Å². The predicted octanol–water partition coefficient (Wildman–Crippen LogP) is 2.79. The molecule has 3 heterocycles. The molecular weight excluding hydrogens is 484 g/mol. The molecule has 0 saturated carbocycles. The number of likely N-dealkylation sites (tertiary alicyclic amines) is 1. The number of carbonyl (C=O) groups excluding carboxylic acids is 1. The Bertz CT molecular complexity index is 1120. The second kappa shape index (κ2) is 12.8. The molecule has 206 valence electrons. The molecule has 2 aliphatic rings. The number of piperidine rings is 1. The van der Waals surface area contributed by atoms with Gasteiger partial charge in [-0.05, 0) is 57.0 Å².